The van der Waals surface area contributed by atoms with Gasteiger partial charge in [-0.1, -0.05) is 42.0 Å². The highest BCUT2D eigenvalue weighted by atomic mass is 35.5. The third-order valence-corrected chi connectivity index (χ3v) is 4.75. The molecule has 5 nitrogen and oxygen atoms in total. The summed E-state index contributed by atoms with van der Waals surface area (Å²) < 4.78 is 1.62. The van der Waals surface area contributed by atoms with Crippen LogP contribution in [0.5, 0.6) is 0 Å². The molecule has 0 aliphatic heterocycles. The molecule has 0 unspecified atom stereocenters. The third kappa shape index (κ3) is 3.91. The minimum absolute atomic E-state index is 0. The SMILES string of the molecule is Cc1ccc(-n2ncc(C(=O)c3cccc(-c4cccnc4)c3)c2N)c(C)c1.Cl. The Morgan fingerprint density at radius 2 is 1.76 bits per heavy atom. The maximum atomic E-state index is 13.1. The van der Waals surface area contributed by atoms with Crippen LogP contribution in [0.3, 0.4) is 0 Å². The van der Waals surface area contributed by atoms with Crippen LogP contribution in [0.1, 0.15) is 27.0 Å². The standard InChI is InChI=1S/C23H20N4O.ClH/c1-15-8-9-21(16(2)11-15)27-23(24)20(14-26-27)22(28)18-6-3-5-17(12-18)19-7-4-10-25-13-19;/h3-14H,24H2,1-2H3;1H. The van der Waals surface area contributed by atoms with E-state index in [0.29, 0.717) is 16.9 Å². The summed E-state index contributed by atoms with van der Waals surface area (Å²) in [6, 6.07) is 17.3. The number of pyridine rings is 1. The molecular weight excluding hydrogens is 384 g/mol. The molecule has 0 aliphatic carbocycles. The van der Waals surface area contributed by atoms with Crippen molar-refractivity contribution >= 4 is 24.0 Å². The largest absolute Gasteiger partial charge is 0.383 e. The number of anilines is 1. The number of ketones is 1. The maximum absolute atomic E-state index is 13.1. The fraction of sp³-hybridized carbons (Fsp3) is 0.0870. The Hall–Kier alpha value is -3.44. The van der Waals surface area contributed by atoms with Crippen molar-refractivity contribution in [3.8, 4) is 16.8 Å². The van der Waals surface area contributed by atoms with E-state index in [-0.39, 0.29) is 18.2 Å². The van der Waals surface area contributed by atoms with Gasteiger partial charge in [0.05, 0.1) is 17.4 Å². The van der Waals surface area contributed by atoms with Crippen molar-refractivity contribution in [3.05, 3.63) is 95.4 Å². The van der Waals surface area contributed by atoms with Gasteiger partial charge in [-0.15, -0.1) is 12.4 Å². The normalized spacial score (nSPS) is 10.4. The Morgan fingerprint density at radius 3 is 2.48 bits per heavy atom. The molecule has 6 heteroatoms. The fourth-order valence-electron chi connectivity index (χ4n) is 3.30. The number of hydrogen-bond donors (Lipinski definition) is 1. The number of benzene rings is 2. The number of halogens is 1. The van der Waals surface area contributed by atoms with Crippen LogP contribution in [0, 0.1) is 13.8 Å². The van der Waals surface area contributed by atoms with Gasteiger partial charge in [0.15, 0.2) is 5.78 Å². The molecule has 2 heterocycles. The number of hydrogen-bond acceptors (Lipinski definition) is 4. The molecule has 29 heavy (non-hydrogen) atoms. The molecule has 2 aromatic carbocycles. The maximum Gasteiger partial charge on any atom is 0.198 e. The van der Waals surface area contributed by atoms with Crippen molar-refractivity contribution in [1.82, 2.24) is 14.8 Å². The predicted octanol–water partition coefficient (Wildman–Crippen LogP) is 4.79. The molecule has 0 aliphatic rings. The molecule has 0 fully saturated rings. The molecule has 4 aromatic rings. The molecule has 4 rings (SSSR count). The van der Waals surface area contributed by atoms with E-state index in [4.69, 9.17) is 5.73 Å². The number of rotatable bonds is 4. The zero-order valence-corrected chi connectivity index (χ0v) is 17.0. The zero-order chi connectivity index (χ0) is 19.7. The second kappa shape index (κ2) is 8.29. The Balaban J connectivity index is 0.00000240. The van der Waals surface area contributed by atoms with Crippen LogP contribution in [0.4, 0.5) is 5.82 Å². The lowest BCUT2D eigenvalue weighted by atomic mass is 10.00. The molecule has 0 saturated heterocycles. The van der Waals surface area contributed by atoms with E-state index in [1.165, 1.54) is 6.20 Å². The molecule has 2 N–H and O–H groups in total. The minimum atomic E-state index is -0.153. The highest BCUT2D eigenvalue weighted by Crippen LogP contribution is 2.25. The molecule has 2 aromatic heterocycles. The van der Waals surface area contributed by atoms with E-state index in [1.807, 2.05) is 56.3 Å². The molecular formula is C23H21ClN4O. The van der Waals surface area contributed by atoms with E-state index in [1.54, 1.807) is 23.1 Å². The van der Waals surface area contributed by atoms with E-state index in [2.05, 4.69) is 16.1 Å². The van der Waals surface area contributed by atoms with Gasteiger partial charge in [-0.05, 0) is 43.2 Å². The van der Waals surface area contributed by atoms with E-state index < -0.39 is 0 Å². The van der Waals surface area contributed by atoms with Gasteiger partial charge in [-0.2, -0.15) is 5.10 Å². The summed E-state index contributed by atoms with van der Waals surface area (Å²) in [5.74, 6) is 0.183. The molecule has 0 atom stereocenters. The van der Waals surface area contributed by atoms with Gasteiger partial charge in [0.25, 0.3) is 0 Å². The Bertz CT molecular complexity index is 1170. The van der Waals surface area contributed by atoms with Gasteiger partial charge in [0, 0.05) is 23.5 Å². The van der Waals surface area contributed by atoms with Crippen molar-refractivity contribution in [2.45, 2.75) is 13.8 Å². The van der Waals surface area contributed by atoms with E-state index in [0.717, 1.165) is 27.9 Å². The summed E-state index contributed by atoms with van der Waals surface area (Å²) in [5, 5.41) is 4.36. The number of nitrogens with two attached hydrogens (primary N) is 1. The summed E-state index contributed by atoms with van der Waals surface area (Å²) in [5.41, 5.74) is 12.2. The Labute approximate surface area is 175 Å². The van der Waals surface area contributed by atoms with Crippen LogP contribution in [-0.4, -0.2) is 20.5 Å². The summed E-state index contributed by atoms with van der Waals surface area (Å²) in [6.45, 7) is 4.04. The van der Waals surface area contributed by atoms with Crippen LogP contribution < -0.4 is 5.73 Å². The van der Waals surface area contributed by atoms with Crippen molar-refractivity contribution in [3.63, 3.8) is 0 Å². The summed E-state index contributed by atoms with van der Waals surface area (Å²) in [7, 11) is 0. The second-order valence-corrected chi connectivity index (χ2v) is 6.80. The monoisotopic (exact) mass is 404 g/mol. The number of nitrogens with zero attached hydrogens (tertiary/aromatic N) is 3. The number of nitrogen functional groups attached to an aromatic ring is 1. The molecule has 0 bridgehead atoms. The first kappa shape index (κ1) is 20.3. The van der Waals surface area contributed by atoms with Gasteiger partial charge in [0.1, 0.15) is 5.82 Å². The summed E-state index contributed by atoms with van der Waals surface area (Å²) in [4.78, 5) is 17.2. The Morgan fingerprint density at radius 1 is 0.966 bits per heavy atom. The average Bonchev–Trinajstić information content (AvgIpc) is 3.09. The van der Waals surface area contributed by atoms with Gasteiger partial charge in [-0.25, -0.2) is 4.68 Å². The lowest BCUT2D eigenvalue weighted by molar-refractivity contribution is 0.103. The van der Waals surface area contributed by atoms with Crippen LogP contribution in [-0.2, 0) is 0 Å². The first-order chi connectivity index (χ1) is 13.5. The topological polar surface area (TPSA) is 73.8 Å². The molecule has 146 valence electrons. The number of carbonyl (C=O) groups excluding carboxylic acids is 1. The van der Waals surface area contributed by atoms with Crippen LogP contribution in [0.15, 0.2) is 73.2 Å². The van der Waals surface area contributed by atoms with Crippen LogP contribution in [0.2, 0.25) is 0 Å². The molecule has 0 spiro atoms. The summed E-state index contributed by atoms with van der Waals surface area (Å²) >= 11 is 0. The smallest absolute Gasteiger partial charge is 0.198 e. The van der Waals surface area contributed by atoms with Crippen molar-refractivity contribution in [1.29, 1.82) is 0 Å². The lowest BCUT2D eigenvalue weighted by Gasteiger charge is -2.09. The minimum Gasteiger partial charge on any atom is -0.383 e. The van der Waals surface area contributed by atoms with E-state index >= 15 is 0 Å². The summed E-state index contributed by atoms with van der Waals surface area (Å²) in [6.07, 6.45) is 5.03. The highest BCUT2D eigenvalue weighted by Gasteiger charge is 2.19. The van der Waals surface area contributed by atoms with Gasteiger partial charge >= 0.3 is 0 Å². The number of aryl methyl sites for hydroxylation is 2. The number of aromatic nitrogens is 3. The quantitative estimate of drug-likeness (QED) is 0.496. The fourth-order valence-corrected chi connectivity index (χ4v) is 3.30. The number of carbonyl (C=O) groups is 1. The van der Waals surface area contributed by atoms with Gasteiger partial charge in [0.2, 0.25) is 0 Å². The lowest BCUT2D eigenvalue weighted by Crippen LogP contribution is -2.08. The van der Waals surface area contributed by atoms with Crippen molar-refractivity contribution < 1.29 is 4.79 Å². The van der Waals surface area contributed by atoms with Crippen molar-refractivity contribution in [2.75, 3.05) is 5.73 Å². The molecule has 0 amide bonds. The van der Waals surface area contributed by atoms with Gasteiger partial charge < -0.3 is 5.73 Å². The highest BCUT2D eigenvalue weighted by molar-refractivity contribution is 6.12. The average molecular weight is 405 g/mol. The Kier molecular flexibility index (Phi) is 5.80. The van der Waals surface area contributed by atoms with Crippen LogP contribution >= 0.6 is 12.4 Å². The third-order valence-electron chi connectivity index (χ3n) is 4.75. The van der Waals surface area contributed by atoms with E-state index in [9.17, 15) is 4.79 Å². The zero-order valence-electron chi connectivity index (χ0n) is 16.2. The first-order valence-electron chi connectivity index (χ1n) is 9.01. The second-order valence-electron chi connectivity index (χ2n) is 6.80. The first-order valence-corrected chi connectivity index (χ1v) is 9.01. The molecule has 0 radical (unpaired) electrons. The van der Waals surface area contributed by atoms with Crippen molar-refractivity contribution in [2.24, 2.45) is 0 Å². The van der Waals surface area contributed by atoms with Gasteiger partial charge in [-0.3, -0.25) is 9.78 Å². The van der Waals surface area contributed by atoms with Crippen LogP contribution in [0.25, 0.3) is 16.8 Å². The predicted molar refractivity (Wildman–Crippen MR) is 118 cm³/mol. The molecule has 0 saturated carbocycles.